The van der Waals surface area contributed by atoms with Gasteiger partial charge >= 0.3 is 5.97 Å². The van der Waals surface area contributed by atoms with Gasteiger partial charge in [-0.1, -0.05) is 0 Å². The number of fused-ring (bicyclic) bond motifs is 1. The summed E-state index contributed by atoms with van der Waals surface area (Å²) < 4.78 is 23.2. The van der Waals surface area contributed by atoms with Crippen LogP contribution in [-0.4, -0.2) is 25.0 Å². The summed E-state index contributed by atoms with van der Waals surface area (Å²) in [5, 5.41) is 0. The Morgan fingerprint density at radius 2 is 2.31 bits per heavy atom. The van der Waals surface area contributed by atoms with Crippen molar-refractivity contribution in [1.29, 1.82) is 0 Å². The molecule has 1 aromatic carbocycles. The van der Waals surface area contributed by atoms with Crippen molar-refractivity contribution < 1.29 is 23.5 Å². The third-order valence-electron chi connectivity index (χ3n) is 2.23. The van der Waals surface area contributed by atoms with Crippen molar-refractivity contribution in [2.75, 3.05) is 13.2 Å². The zero-order valence-electron chi connectivity index (χ0n) is 8.58. The number of carbonyl (C=O) groups excluding carboxylic acids is 2. The van der Waals surface area contributed by atoms with E-state index < -0.39 is 11.8 Å². The molecule has 0 aliphatic carbocycles. The van der Waals surface area contributed by atoms with E-state index in [1.54, 1.807) is 6.92 Å². The highest BCUT2D eigenvalue weighted by molar-refractivity contribution is 6.06. The van der Waals surface area contributed by atoms with E-state index in [1.165, 1.54) is 6.07 Å². The Morgan fingerprint density at radius 1 is 1.56 bits per heavy atom. The topological polar surface area (TPSA) is 52.6 Å². The lowest BCUT2D eigenvalue weighted by molar-refractivity contribution is 0.0516. The Labute approximate surface area is 91.0 Å². The molecule has 0 aromatic heterocycles. The van der Waals surface area contributed by atoms with E-state index in [4.69, 9.17) is 9.47 Å². The minimum absolute atomic E-state index is 0.0107. The average Bonchev–Trinajstić information content (AvgIpc) is 2.60. The molecule has 0 atom stereocenters. The highest BCUT2D eigenvalue weighted by atomic mass is 19.1. The lowest BCUT2D eigenvalue weighted by atomic mass is 10.1. The highest BCUT2D eigenvalue weighted by Crippen LogP contribution is 2.31. The van der Waals surface area contributed by atoms with Crippen LogP contribution in [0.5, 0.6) is 5.75 Å². The smallest absolute Gasteiger partial charge is 0.344 e. The molecule has 1 aliphatic heterocycles. The number of benzene rings is 1. The summed E-state index contributed by atoms with van der Waals surface area (Å²) in [4.78, 5) is 22.8. The van der Waals surface area contributed by atoms with E-state index in [2.05, 4.69) is 0 Å². The predicted molar refractivity (Wildman–Crippen MR) is 52.2 cm³/mol. The number of hydrogen-bond donors (Lipinski definition) is 0. The molecule has 1 heterocycles. The molecule has 0 spiro atoms. The summed E-state index contributed by atoms with van der Waals surface area (Å²) in [5.41, 5.74) is -0.0744. The van der Waals surface area contributed by atoms with Crippen molar-refractivity contribution in [2.24, 2.45) is 0 Å². The quantitative estimate of drug-likeness (QED) is 0.715. The number of ether oxygens (including phenoxy) is 2. The number of carbonyl (C=O) groups is 2. The summed E-state index contributed by atoms with van der Waals surface area (Å²) in [7, 11) is 0. The van der Waals surface area contributed by atoms with Crippen LogP contribution in [0.2, 0.25) is 0 Å². The fraction of sp³-hybridized carbons (Fsp3) is 0.273. The van der Waals surface area contributed by atoms with Gasteiger partial charge in [-0.25, -0.2) is 9.18 Å². The van der Waals surface area contributed by atoms with E-state index in [0.29, 0.717) is 0 Å². The van der Waals surface area contributed by atoms with E-state index >= 15 is 0 Å². The molecule has 0 N–H and O–H groups in total. The largest absolute Gasteiger partial charge is 0.484 e. The van der Waals surface area contributed by atoms with Crippen molar-refractivity contribution in [3.63, 3.8) is 0 Å². The fourth-order valence-corrected chi connectivity index (χ4v) is 1.54. The van der Waals surface area contributed by atoms with Crippen LogP contribution in [-0.2, 0) is 4.74 Å². The van der Waals surface area contributed by atoms with Crippen LogP contribution in [0.25, 0.3) is 0 Å². The third-order valence-corrected chi connectivity index (χ3v) is 2.23. The first kappa shape index (κ1) is 10.6. The van der Waals surface area contributed by atoms with Gasteiger partial charge in [-0.15, -0.1) is 0 Å². The Hall–Kier alpha value is -1.91. The molecule has 0 saturated carbocycles. The van der Waals surface area contributed by atoms with E-state index in [1.807, 2.05) is 0 Å². The number of halogens is 1. The van der Waals surface area contributed by atoms with Crippen molar-refractivity contribution in [1.82, 2.24) is 0 Å². The van der Waals surface area contributed by atoms with Crippen LogP contribution in [0.4, 0.5) is 4.39 Å². The maximum atomic E-state index is 13.5. The SMILES string of the molecule is CCOC(=O)c1c(F)ccc2c1OCC2=O. The molecule has 0 fully saturated rings. The number of rotatable bonds is 2. The van der Waals surface area contributed by atoms with Gasteiger partial charge in [0.05, 0.1) is 12.2 Å². The van der Waals surface area contributed by atoms with E-state index in [0.717, 1.165) is 6.07 Å². The Balaban J connectivity index is 2.52. The lowest BCUT2D eigenvalue weighted by Gasteiger charge is -2.07. The summed E-state index contributed by atoms with van der Waals surface area (Å²) in [5.74, 6) is -1.83. The molecule has 1 aromatic rings. The van der Waals surface area contributed by atoms with Crippen LogP contribution in [0.1, 0.15) is 27.6 Å². The summed E-state index contributed by atoms with van der Waals surface area (Å²) in [6, 6.07) is 2.38. The van der Waals surface area contributed by atoms with Gasteiger partial charge in [-0.05, 0) is 19.1 Å². The van der Waals surface area contributed by atoms with Gasteiger partial charge in [0.15, 0.2) is 6.61 Å². The Bertz CT molecular complexity index is 467. The minimum Gasteiger partial charge on any atom is -0.484 e. The number of ketones is 1. The molecule has 16 heavy (non-hydrogen) atoms. The molecule has 84 valence electrons. The van der Waals surface area contributed by atoms with E-state index in [9.17, 15) is 14.0 Å². The maximum absolute atomic E-state index is 13.5. The van der Waals surface area contributed by atoms with Gasteiger partial charge in [0.2, 0.25) is 5.78 Å². The van der Waals surface area contributed by atoms with E-state index in [-0.39, 0.29) is 35.9 Å². The second-order valence-corrected chi connectivity index (χ2v) is 3.23. The highest BCUT2D eigenvalue weighted by Gasteiger charge is 2.30. The molecular formula is C11H9FO4. The van der Waals surface area contributed by atoms with Gasteiger partial charge < -0.3 is 9.47 Å². The second-order valence-electron chi connectivity index (χ2n) is 3.23. The molecule has 1 aliphatic rings. The summed E-state index contributed by atoms with van der Waals surface area (Å²) in [6.45, 7) is 1.59. The lowest BCUT2D eigenvalue weighted by Crippen LogP contribution is -2.09. The number of esters is 1. The van der Waals surface area contributed by atoms with Crippen LogP contribution < -0.4 is 4.74 Å². The molecule has 2 rings (SSSR count). The zero-order chi connectivity index (χ0) is 11.7. The van der Waals surface area contributed by atoms with Gasteiger partial charge in [-0.2, -0.15) is 0 Å². The molecule has 0 amide bonds. The maximum Gasteiger partial charge on any atom is 0.344 e. The average molecular weight is 224 g/mol. The number of Topliss-reactive ketones (excluding diaryl/α,β-unsaturated/α-hetero) is 1. The van der Waals surface area contributed by atoms with Gasteiger partial charge in [-0.3, -0.25) is 4.79 Å². The molecule has 0 bridgehead atoms. The molecular weight excluding hydrogens is 215 g/mol. The van der Waals surface area contributed by atoms with Gasteiger partial charge in [0.1, 0.15) is 17.1 Å². The third kappa shape index (κ3) is 1.54. The van der Waals surface area contributed by atoms with Crippen molar-refractivity contribution >= 4 is 11.8 Å². The van der Waals surface area contributed by atoms with Crippen LogP contribution in [0.15, 0.2) is 12.1 Å². The van der Waals surface area contributed by atoms with Crippen LogP contribution in [0.3, 0.4) is 0 Å². The van der Waals surface area contributed by atoms with Crippen molar-refractivity contribution in [3.8, 4) is 5.75 Å². The number of hydrogen-bond acceptors (Lipinski definition) is 4. The van der Waals surface area contributed by atoms with Crippen LogP contribution >= 0.6 is 0 Å². The predicted octanol–water partition coefficient (Wildman–Crippen LogP) is 1.58. The zero-order valence-corrected chi connectivity index (χ0v) is 8.58. The first-order chi connectivity index (χ1) is 7.65. The fourth-order valence-electron chi connectivity index (χ4n) is 1.54. The summed E-state index contributed by atoms with van der Waals surface area (Å²) >= 11 is 0. The van der Waals surface area contributed by atoms with Crippen molar-refractivity contribution in [3.05, 3.63) is 29.1 Å². The second kappa shape index (κ2) is 3.92. The first-order valence-electron chi connectivity index (χ1n) is 4.80. The van der Waals surface area contributed by atoms with Gasteiger partial charge in [0, 0.05) is 0 Å². The molecule has 0 unspecified atom stereocenters. The Morgan fingerprint density at radius 3 is 3.00 bits per heavy atom. The molecule has 5 heteroatoms. The van der Waals surface area contributed by atoms with Crippen molar-refractivity contribution in [2.45, 2.75) is 6.92 Å². The minimum atomic E-state index is -0.813. The molecule has 0 saturated heterocycles. The summed E-state index contributed by atoms with van der Waals surface area (Å²) in [6.07, 6.45) is 0. The standard InChI is InChI=1S/C11H9FO4/c1-2-15-11(14)9-7(12)4-3-6-8(13)5-16-10(6)9/h3-4H,2,5H2,1H3. The molecule has 4 nitrogen and oxygen atoms in total. The Kier molecular flexibility index (Phi) is 2.60. The first-order valence-corrected chi connectivity index (χ1v) is 4.80. The van der Waals surface area contributed by atoms with Gasteiger partial charge in [0.25, 0.3) is 0 Å². The van der Waals surface area contributed by atoms with Crippen LogP contribution in [0, 0.1) is 5.82 Å². The molecule has 0 radical (unpaired) electrons. The normalized spacial score (nSPS) is 13.2. The monoisotopic (exact) mass is 224 g/mol.